The van der Waals surface area contributed by atoms with Gasteiger partial charge in [-0.05, 0) is 30.5 Å². The summed E-state index contributed by atoms with van der Waals surface area (Å²) in [6, 6.07) is 29.1. The zero-order chi connectivity index (χ0) is 24.6. The quantitative estimate of drug-likeness (QED) is 0.254. The van der Waals surface area contributed by atoms with Gasteiger partial charge in [-0.1, -0.05) is 91.0 Å². The lowest BCUT2D eigenvalue weighted by Crippen LogP contribution is -2.50. The molecule has 0 saturated heterocycles. The van der Waals surface area contributed by atoms with Gasteiger partial charge in [0, 0.05) is 5.75 Å². The van der Waals surface area contributed by atoms with Crippen LogP contribution in [-0.2, 0) is 24.7 Å². The summed E-state index contributed by atoms with van der Waals surface area (Å²) in [5.41, 5.74) is 0.968. The van der Waals surface area contributed by atoms with Crippen molar-refractivity contribution in [2.24, 2.45) is 5.41 Å². The second-order valence-corrected chi connectivity index (χ2v) is 9.05. The first-order chi connectivity index (χ1) is 16.3. The molecule has 0 aromatic heterocycles. The fourth-order valence-electron chi connectivity index (χ4n) is 3.80. The molecule has 34 heavy (non-hydrogen) atoms. The number of hydrogen-bond donors (Lipinski definition) is 2. The maximum Gasteiger partial charge on any atom is 0.329 e. The molecule has 3 rings (SSSR count). The van der Waals surface area contributed by atoms with Crippen molar-refractivity contribution in [3.05, 3.63) is 108 Å². The van der Waals surface area contributed by atoms with Crippen LogP contribution in [0.2, 0.25) is 0 Å². The molecule has 0 radical (unpaired) electrons. The molecule has 6 heteroatoms. The summed E-state index contributed by atoms with van der Waals surface area (Å²) in [7, 11) is 1.28. The Bertz CT molecular complexity index is 975. The molecule has 0 saturated carbocycles. The first kappa shape index (κ1) is 25.5. The van der Waals surface area contributed by atoms with Crippen LogP contribution in [0.1, 0.15) is 30.5 Å². The van der Waals surface area contributed by atoms with Gasteiger partial charge in [0.25, 0.3) is 0 Å². The molecule has 5 nitrogen and oxygen atoms in total. The van der Waals surface area contributed by atoms with Crippen molar-refractivity contribution in [3.63, 3.8) is 0 Å². The fraction of sp³-hybridized carbons (Fsp3) is 0.286. The van der Waals surface area contributed by atoms with Crippen LogP contribution in [0.3, 0.4) is 0 Å². The summed E-state index contributed by atoms with van der Waals surface area (Å²) in [5, 5.41) is 2.74. The van der Waals surface area contributed by atoms with Crippen LogP contribution in [0.15, 0.2) is 91.0 Å². The smallest absolute Gasteiger partial charge is 0.329 e. The van der Waals surface area contributed by atoms with E-state index in [1.165, 1.54) is 7.11 Å². The molecule has 0 aliphatic rings. The maximum absolute atomic E-state index is 13.1. The largest absolute Gasteiger partial charge is 0.467 e. The van der Waals surface area contributed by atoms with Crippen molar-refractivity contribution in [3.8, 4) is 0 Å². The molecule has 178 valence electrons. The monoisotopic (exact) mass is 477 g/mol. The van der Waals surface area contributed by atoms with Gasteiger partial charge in [0.2, 0.25) is 5.91 Å². The van der Waals surface area contributed by atoms with E-state index >= 15 is 0 Å². The molecule has 0 fully saturated rings. The second-order valence-electron chi connectivity index (χ2n) is 8.68. The molecule has 0 bridgehead atoms. The van der Waals surface area contributed by atoms with E-state index in [2.05, 4.69) is 17.9 Å². The molecule has 1 N–H and O–H groups in total. The zero-order valence-corrected chi connectivity index (χ0v) is 20.6. The van der Waals surface area contributed by atoms with E-state index in [-0.39, 0.29) is 18.3 Å². The Morgan fingerprint density at radius 2 is 1.24 bits per heavy atom. The summed E-state index contributed by atoms with van der Waals surface area (Å²) in [5.74, 6) is -0.718. The van der Waals surface area contributed by atoms with Crippen LogP contribution in [0.25, 0.3) is 0 Å². The summed E-state index contributed by atoms with van der Waals surface area (Å²) < 4.78 is 11.6. The number of benzene rings is 3. The van der Waals surface area contributed by atoms with Gasteiger partial charge in [-0.25, -0.2) is 4.79 Å². The Labute approximate surface area is 206 Å². The molecule has 0 unspecified atom stereocenters. The Morgan fingerprint density at radius 3 is 1.59 bits per heavy atom. The number of carbonyl (C=O) groups is 2. The Hall–Kier alpha value is -3.09. The van der Waals surface area contributed by atoms with Gasteiger partial charge in [-0.2, -0.15) is 12.6 Å². The molecular formula is C28H31NO4S. The Balaban J connectivity index is 2.01. The molecule has 0 heterocycles. The van der Waals surface area contributed by atoms with Gasteiger partial charge in [-0.15, -0.1) is 0 Å². The van der Waals surface area contributed by atoms with Crippen LogP contribution in [0.5, 0.6) is 0 Å². The highest BCUT2D eigenvalue weighted by molar-refractivity contribution is 7.80. The first-order valence-corrected chi connectivity index (χ1v) is 11.8. The van der Waals surface area contributed by atoms with E-state index in [0.717, 1.165) is 16.7 Å². The van der Waals surface area contributed by atoms with E-state index in [4.69, 9.17) is 9.47 Å². The number of carbonyl (C=O) groups excluding carboxylic acids is 2. The molecule has 3 aromatic rings. The third-order valence-corrected chi connectivity index (χ3v) is 6.14. The molecule has 1 amide bonds. The average molecular weight is 478 g/mol. The Morgan fingerprint density at radius 1 is 0.824 bits per heavy atom. The lowest BCUT2D eigenvalue weighted by Gasteiger charge is -2.38. The van der Waals surface area contributed by atoms with E-state index in [1.807, 2.05) is 91.0 Å². The number of hydrogen-bond acceptors (Lipinski definition) is 5. The summed E-state index contributed by atoms with van der Waals surface area (Å²) in [4.78, 5) is 25.1. The molecule has 0 aliphatic carbocycles. The van der Waals surface area contributed by atoms with Gasteiger partial charge in [0.1, 0.15) is 11.6 Å². The van der Waals surface area contributed by atoms with Crippen molar-refractivity contribution in [1.82, 2.24) is 5.32 Å². The van der Waals surface area contributed by atoms with Gasteiger partial charge in [0.05, 0.1) is 19.1 Å². The van der Waals surface area contributed by atoms with Crippen molar-refractivity contribution in [2.75, 3.05) is 19.5 Å². The lowest BCUT2D eigenvalue weighted by molar-refractivity contribution is -0.147. The molecule has 1 atom stereocenters. The van der Waals surface area contributed by atoms with Crippen molar-refractivity contribution < 1.29 is 19.1 Å². The highest BCUT2D eigenvalue weighted by Gasteiger charge is 2.41. The molecular weight excluding hydrogens is 446 g/mol. The number of rotatable bonds is 10. The van der Waals surface area contributed by atoms with Crippen molar-refractivity contribution >= 4 is 24.5 Å². The number of nitrogens with one attached hydrogen (secondary N) is 1. The number of methoxy groups -OCH3 is 1. The van der Waals surface area contributed by atoms with Crippen molar-refractivity contribution in [1.29, 1.82) is 0 Å². The average Bonchev–Trinajstić information content (AvgIpc) is 2.89. The van der Waals surface area contributed by atoms with Gasteiger partial charge >= 0.3 is 5.97 Å². The van der Waals surface area contributed by atoms with Crippen LogP contribution in [0, 0.1) is 5.41 Å². The third kappa shape index (κ3) is 5.51. The Kier molecular flexibility index (Phi) is 8.53. The highest BCUT2D eigenvalue weighted by atomic mass is 32.1. The van der Waals surface area contributed by atoms with E-state index in [0.29, 0.717) is 0 Å². The van der Waals surface area contributed by atoms with E-state index in [1.54, 1.807) is 13.8 Å². The number of amides is 1. The lowest BCUT2D eigenvalue weighted by atomic mass is 9.79. The number of esters is 1. The van der Waals surface area contributed by atoms with Crippen molar-refractivity contribution in [2.45, 2.75) is 25.5 Å². The van der Waals surface area contributed by atoms with Crippen LogP contribution < -0.4 is 5.32 Å². The van der Waals surface area contributed by atoms with Crippen LogP contribution >= 0.6 is 12.6 Å². The number of ether oxygens (including phenoxy) is 2. The summed E-state index contributed by atoms with van der Waals surface area (Å²) in [6.45, 7) is 3.68. The zero-order valence-electron chi connectivity index (χ0n) is 19.7. The fourth-order valence-corrected chi connectivity index (χ4v) is 4.04. The standard InChI is InChI=1S/C28H31NO4S/c1-27(2,26(31)29-24(19-34)25(30)32-3)20-33-28(21-13-7-4-8-14-21,22-15-9-5-10-16-22)23-17-11-6-12-18-23/h4-18,24,34H,19-20H2,1-3H3,(H,29,31)/t24-/m0/s1. The minimum absolute atomic E-state index is 0.0952. The highest BCUT2D eigenvalue weighted by Crippen LogP contribution is 2.41. The number of thiol groups is 1. The first-order valence-electron chi connectivity index (χ1n) is 11.2. The molecule has 3 aromatic carbocycles. The van der Waals surface area contributed by atoms with Gasteiger partial charge in [0.15, 0.2) is 0 Å². The van der Waals surface area contributed by atoms with Crippen LogP contribution in [0.4, 0.5) is 0 Å². The summed E-state index contributed by atoms with van der Waals surface area (Å²) >= 11 is 4.17. The van der Waals surface area contributed by atoms with Gasteiger partial charge in [-0.3, -0.25) is 4.79 Å². The topological polar surface area (TPSA) is 64.6 Å². The minimum Gasteiger partial charge on any atom is -0.467 e. The second kappa shape index (κ2) is 11.4. The van der Waals surface area contributed by atoms with Gasteiger partial charge < -0.3 is 14.8 Å². The van der Waals surface area contributed by atoms with E-state index < -0.39 is 23.0 Å². The SMILES string of the molecule is COC(=O)[C@H](CS)NC(=O)C(C)(C)COC(c1ccccc1)(c1ccccc1)c1ccccc1. The summed E-state index contributed by atoms with van der Waals surface area (Å²) in [6.07, 6.45) is 0. The van der Waals surface area contributed by atoms with Crippen LogP contribution in [-0.4, -0.2) is 37.4 Å². The molecule has 0 spiro atoms. The minimum atomic E-state index is -0.946. The normalized spacial score (nSPS) is 12.6. The predicted molar refractivity (Wildman–Crippen MR) is 137 cm³/mol. The molecule has 0 aliphatic heterocycles. The van der Waals surface area contributed by atoms with E-state index in [9.17, 15) is 9.59 Å². The maximum atomic E-state index is 13.1. The predicted octanol–water partition coefficient (Wildman–Crippen LogP) is 4.61. The third-order valence-electron chi connectivity index (χ3n) is 5.78.